The molecule has 3 aromatic heterocycles. The summed E-state index contributed by atoms with van der Waals surface area (Å²) in [6, 6.07) is 0.280. The van der Waals surface area contributed by atoms with E-state index >= 15 is 0 Å². The molecule has 1 N–H and O–H groups in total. The fourth-order valence-corrected chi connectivity index (χ4v) is 3.03. The predicted molar refractivity (Wildman–Crippen MR) is 100 cm³/mol. The summed E-state index contributed by atoms with van der Waals surface area (Å²) >= 11 is 0. The zero-order valence-electron chi connectivity index (χ0n) is 16.8. The topological polar surface area (TPSA) is 106 Å². The lowest BCUT2D eigenvalue weighted by atomic mass is 9.99. The molecule has 0 aromatic carbocycles. The third-order valence-corrected chi connectivity index (χ3v) is 4.35. The minimum absolute atomic E-state index is 0.0640. The van der Waals surface area contributed by atoms with Gasteiger partial charge in [-0.05, 0) is 12.3 Å². The fraction of sp³-hybridized carbons (Fsp3) is 0.611. The quantitative estimate of drug-likeness (QED) is 0.688. The van der Waals surface area contributed by atoms with Gasteiger partial charge in [0.15, 0.2) is 17.3 Å². The van der Waals surface area contributed by atoms with Gasteiger partial charge in [0.05, 0.1) is 19.6 Å². The van der Waals surface area contributed by atoms with Crippen molar-refractivity contribution in [1.82, 2.24) is 30.1 Å². The standard InChI is InChI=1S/C18H23F2N7O2/c1-10-21-12(29-26-10)7-11-22-14-13(24-16(25-14)28-9-17(2,3)4)15(23-11)27-6-5-18(19,20)8-27/h5-9H2,1-4H3,(H,22,23,24,25). The molecule has 3 aromatic rings. The maximum atomic E-state index is 13.8. The molecule has 29 heavy (non-hydrogen) atoms. The number of H-pyrrole nitrogens is 1. The maximum Gasteiger partial charge on any atom is 0.296 e. The average molecular weight is 407 g/mol. The number of anilines is 1. The molecule has 1 fully saturated rings. The number of rotatable bonds is 5. The van der Waals surface area contributed by atoms with Gasteiger partial charge in [-0.1, -0.05) is 25.9 Å². The van der Waals surface area contributed by atoms with Gasteiger partial charge in [0.2, 0.25) is 5.89 Å². The zero-order valence-corrected chi connectivity index (χ0v) is 16.8. The molecule has 0 saturated carbocycles. The van der Waals surface area contributed by atoms with Gasteiger partial charge in [0.25, 0.3) is 11.9 Å². The second kappa shape index (κ2) is 6.89. The van der Waals surface area contributed by atoms with Crippen molar-refractivity contribution in [3.63, 3.8) is 0 Å². The van der Waals surface area contributed by atoms with Gasteiger partial charge in [-0.3, -0.25) is 0 Å². The number of alkyl halides is 2. The number of aromatic nitrogens is 6. The van der Waals surface area contributed by atoms with E-state index in [1.807, 2.05) is 20.8 Å². The third-order valence-electron chi connectivity index (χ3n) is 4.35. The van der Waals surface area contributed by atoms with E-state index in [4.69, 9.17) is 9.26 Å². The van der Waals surface area contributed by atoms with E-state index in [1.165, 1.54) is 4.90 Å². The summed E-state index contributed by atoms with van der Waals surface area (Å²) < 4.78 is 38.5. The van der Waals surface area contributed by atoms with Gasteiger partial charge in [-0.25, -0.2) is 18.7 Å². The van der Waals surface area contributed by atoms with Crippen molar-refractivity contribution < 1.29 is 18.0 Å². The van der Waals surface area contributed by atoms with E-state index in [9.17, 15) is 8.78 Å². The first-order valence-corrected chi connectivity index (χ1v) is 9.39. The van der Waals surface area contributed by atoms with Crippen molar-refractivity contribution >= 4 is 17.0 Å². The maximum absolute atomic E-state index is 13.8. The number of imidazole rings is 1. The summed E-state index contributed by atoms with van der Waals surface area (Å²) in [6.07, 6.45) is -0.0444. The summed E-state index contributed by atoms with van der Waals surface area (Å²) in [6.45, 7) is 8.05. The second-order valence-corrected chi connectivity index (χ2v) is 8.49. The van der Waals surface area contributed by atoms with Crippen molar-refractivity contribution in [2.75, 3.05) is 24.6 Å². The summed E-state index contributed by atoms with van der Waals surface area (Å²) in [5, 5.41) is 3.75. The summed E-state index contributed by atoms with van der Waals surface area (Å²) in [5.74, 6) is -1.18. The Morgan fingerprint density at radius 3 is 2.62 bits per heavy atom. The monoisotopic (exact) mass is 407 g/mol. The lowest BCUT2D eigenvalue weighted by molar-refractivity contribution is 0.0257. The molecule has 0 amide bonds. The van der Waals surface area contributed by atoms with Crippen LogP contribution in [0, 0.1) is 12.3 Å². The predicted octanol–water partition coefficient (Wildman–Crippen LogP) is 2.91. The molecule has 4 rings (SSSR count). The Bertz CT molecular complexity index is 1030. The smallest absolute Gasteiger partial charge is 0.296 e. The highest BCUT2D eigenvalue weighted by atomic mass is 19.3. The van der Waals surface area contributed by atoms with E-state index in [2.05, 4.69) is 30.1 Å². The van der Waals surface area contributed by atoms with Crippen LogP contribution >= 0.6 is 0 Å². The van der Waals surface area contributed by atoms with Gasteiger partial charge in [-0.2, -0.15) is 9.97 Å². The number of halogens is 2. The summed E-state index contributed by atoms with van der Waals surface area (Å²) in [5.41, 5.74) is 0.753. The number of hydrogen-bond donors (Lipinski definition) is 1. The van der Waals surface area contributed by atoms with Crippen LogP contribution in [0.1, 0.15) is 44.7 Å². The van der Waals surface area contributed by atoms with Crippen molar-refractivity contribution in [3.05, 3.63) is 17.5 Å². The molecule has 0 atom stereocenters. The van der Waals surface area contributed by atoms with Crippen molar-refractivity contribution in [1.29, 1.82) is 0 Å². The Hall–Kier alpha value is -2.85. The highest BCUT2D eigenvalue weighted by Crippen LogP contribution is 2.33. The van der Waals surface area contributed by atoms with Crippen LogP contribution in [-0.2, 0) is 6.42 Å². The largest absolute Gasteiger partial charge is 0.464 e. The minimum Gasteiger partial charge on any atom is -0.464 e. The van der Waals surface area contributed by atoms with E-state index < -0.39 is 12.5 Å². The summed E-state index contributed by atoms with van der Waals surface area (Å²) in [4.78, 5) is 22.1. The Kier molecular flexibility index (Phi) is 4.62. The SMILES string of the molecule is Cc1noc(Cc2nc(N3CCC(F)(F)C3)c3[nH]c(OCC(C)(C)C)nc3n2)n1. The van der Waals surface area contributed by atoms with Gasteiger partial charge in [0, 0.05) is 13.0 Å². The van der Waals surface area contributed by atoms with Crippen LogP contribution in [0.2, 0.25) is 0 Å². The molecular formula is C18H23F2N7O2. The van der Waals surface area contributed by atoms with E-state index in [1.54, 1.807) is 6.92 Å². The molecule has 4 heterocycles. The zero-order chi connectivity index (χ0) is 20.8. The first kappa shape index (κ1) is 19.5. The Morgan fingerprint density at radius 1 is 1.21 bits per heavy atom. The molecule has 1 saturated heterocycles. The number of nitrogens with one attached hydrogen (secondary N) is 1. The molecule has 1 aliphatic heterocycles. The number of ether oxygens (including phenoxy) is 1. The van der Waals surface area contributed by atoms with Crippen LogP contribution in [0.15, 0.2) is 4.52 Å². The van der Waals surface area contributed by atoms with Crippen LogP contribution in [0.25, 0.3) is 11.2 Å². The Balaban J connectivity index is 1.71. The first-order chi connectivity index (χ1) is 13.6. The van der Waals surface area contributed by atoms with Gasteiger partial charge in [-0.15, -0.1) is 0 Å². The molecule has 1 aliphatic rings. The Morgan fingerprint density at radius 2 is 2.00 bits per heavy atom. The Labute approximate surface area is 165 Å². The molecule has 0 bridgehead atoms. The van der Waals surface area contributed by atoms with Crippen molar-refractivity contribution in [2.45, 2.75) is 46.5 Å². The molecule has 0 spiro atoms. The number of aromatic amines is 1. The lowest BCUT2D eigenvalue weighted by Crippen LogP contribution is -2.26. The molecule has 156 valence electrons. The van der Waals surface area contributed by atoms with Gasteiger partial charge in [0.1, 0.15) is 11.3 Å². The van der Waals surface area contributed by atoms with Crippen LogP contribution in [0.3, 0.4) is 0 Å². The normalized spacial score (nSPS) is 16.7. The highest BCUT2D eigenvalue weighted by Gasteiger charge is 2.39. The molecule has 0 unspecified atom stereocenters. The van der Waals surface area contributed by atoms with Gasteiger partial charge >= 0.3 is 0 Å². The minimum atomic E-state index is -2.76. The van der Waals surface area contributed by atoms with E-state index in [0.717, 1.165) is 0 Å². The molecule has 0 aliphatic carbocycles. The van der Waals surface area contributed by atoms with Crippen LogP contribution < -0.4 is 9.64 Å². The van der Waals surface area contributed by atoms with Crippen molar-refractivity contribution in [2.24, 2.45) is 5.41 Å². The fourth-order valence-electron chi connectivity index (χ4n) is 3.03. The molecule has 11 heteroatoms. The summed E-state index contributed by atoms with van der Waals surface area (Å²) in [7, 11) is 0. The highest BCUT2D eigenvalue weighted by molar-refractivity contribution is 5.84. The number of fused-ring (bicyclic) bond motifs is 1. The second-order valence-electron chi connectivity index (χ2n) is 8.49. The van der Waals surface area contributed by atoms with Crippen LogP contribution in [-0.4, -0.2) is 55.7 Å². The first-order valence-electron chi connectivity index (χ1n) is 9.39. The lowest BCUT2D eigenvalue weighted by Gasteiger charge is -2.18. The van der Waals surface area contributed by atoms with Crippen LogP contribution in [0.5, 0.6) is 6.01 Å². The number of nitrogens with zero attached hydrogens (tertiary/aromatic N) is 6. The van der Waals surface area contributed by atoms with E-state index in [-0.39, 0.29) is 30.8 Å². The third kappa shape index (κ3) is 4.43. The van der Waals surface area contributed by atoms with Crippen LogP contribution in [0.4, 0.5) is 14.6 Å². The molecule has 9 nitrogen and oxygen atoms in total. The molecule has 0 radical (unpaired) electrons. The number of hydrogen-bond acceptors (Lipinski definition) is 8. The van der Waals surface area contributed by atoms with E-state index in [0.29, 0.717) is 41.1 Å². The van der Waals surface area contributed by atoms with Gasteiger partial charge < -0.3 is 19.1 Å². The average Bonchev–Trinajstić information content (AvgIpc) is 3.30. The number of aryl methyl sites for hydroxylation is 1. The van der Waals surface area contributed by atoms with Crippen molar-refractivity contribution in [3.8, 4) is 6.01 Å². The molecular weight excluding hydrogens is 384 g/mol.